The van der Waals surface area contributed by atoms with Gasteiger partial charge in [0.2, 0.25) is 0 Å². The van der Waals surface area contributed by atoms with Crippen molar-refractivity contribution in [2.24, 2.45) is 5.41 Å². The van der Waals surface area contributed by atoms with Gasteiger partial charge in [-0.25, -0.2) is 13.0 Å². The van der Waals surface area contributed by atoms with E-state index in [1.54, 1.807) is 6.07 Å². The SMILES string of the molecule is CCCC[C@]1(CC)CS(=O)(=O)c2ccc(N(C)C)cc2[C@@H](c2cccc(C[n+]3ccccc3)c2)[C@H]1O.[Cl-]. The van der Waals surface area contributed by atoms with E-state index in [1.165, 1.54) is 0 Å². The Hall–Kier alpha value is -2.41. The molecular weight excluding hydrogens is 504 g/mol. The number of unbranched alkanes of at least 4 members (excludes halogenated alkanes) is 1. The van der Waals surface area contributed by atoms with E-state index in [9.17, 15) is 13.5 Å². The third-order valence-electron chi connectivity index (χ3n) is 7.79. The number of aliphatic hydroxyl groups is 1. The minimum atomic E-state index is -3.59. The smallest absolute Gasteiger partial charge is 0.179 e. The zero-order chi connectivity index (χ0) is 25.9. The highest BCUT2D eigenvalue weighted by molar-refractivity contribution is 7.91. The Morgan fingerprint density at radius 2 is 1.76 bits per heavy atom. The van der Waals surface area contributed by atoms with Crippen molar-refractivity contribution in [3.8, 4) is 0 Å². The van der Waals surface area contributed by atoms with Crippen LogP contribution in [0.4, 0.5) is 5.69 Å². The molecule has 1 aliphatic heterocycles. The van der Waals surface area contributed by atoms with Crippen molar-refractivity contribution in [3.05, 3.63) is 89.7 Å². The van der Waals surface area contributed by atoms with Crippen molar-refractivity contribution < 1.29 is 30.5 Å². The number of hydrogen-bond acceptors (Lipinski definition) is 4. The van der Waals surface area contributed by atoms with E-state index in [4.69, 9.17) is 0 Å². The van der Waals surface area contributed by atoms with Crippen LogP contribution < -0.4 is 21.9 Å². The summed E-state index contributed by atoms with van der Waals surface area (Å²) in [5, 5.41) is 12.1. The Bertz CT molecular complexity index is 1300. The summed E-state index contributed by atoms with van der Waals surface area (Å²) in [7, 11) is 0.318. The van der Waals surface area contributed by atoms with Crippen LogP contribution in [0.1, 0.15) is 62.1 Å². The molecule has 7 heteroatoms. The molecule has 1 aromatic heterocycles. The Kier molecular flexibility index (Phi) is 9.43. The Labute approximate surface area is 228 Å². The quantitative estimate of drug-likeness (QED) is 0.442. The van der Waals surface area contributed by atoms with Crippen molar-refractivity contribution in [2.45, 2.75) is 63.0 Å². The summed E-state index contributed by atoms with van der Waals surface area (Å²) in [6.07, 6.45) is 6.39. The van der Waals surface area contributed by atoms with Gasteiger partial charge >= 0.3 is 0 Å². The maximum Gasteiger partial charge on any atom is 0.179 e. The van der Waals surface area contributed by atoms with Crippen molar-refractivity contribution in [1.29, 1.82) is 0 Å². The molecule has 0 saturated carbocycles. The molecule has 1 N–H and O–H groups in total. The highest BCUT2D eigenvalue weighted by Crippen LogP contribution is 2.49. The summed E-state index contributed by atoms with van der Waals surface area (Å²) in [5.74, 6) is -0.461. The second kappa shape index (κ2) is 12.0. The zero-order valence-electron chi connectivity index (χ0n) is 22.3. The molecule has 0 fully saturated rings. The number of nitrogens with zero attached hydrogens (tertiary/aromatic N) is 2. The lowest BCUT2D eigenvalue weighted by Gasteiger charge is -2.39. The van der Waals surface area contributed by atoms with E-state index in [2.05, 4.69) is 23.6 Å². The molecule has 0 aliphatic carbocycles. The first-order valence-corrected chi connectivity index (χ1v) is 14.6. The molecule has 2 heterocycles. The first-order valence-electron chi connectivity index (χ1n) is 13.0. The molecule has 3 aromatic rings. The summed E-state index contributed by atoms with van der Waals surface area (Å²) in [4.78, 5) is 2.33. The standard InChI is InChI=1S/C30H39N2O3S.ClH/c1-5-7-16-30(6-2)22-36(34,35)27-15-14-25(31(3)4)20-26(27)28(29(30)33)24-13-11-12-23(19-24)21-32-17-9-8-10-18-32;/h8-15,17-20,28-29,33H,5-7,16,21-22H2,1-4H3;1H/q+1;/p-1/t28-,29-,30-;/m1./s1. The van der Waals surface area contributed by atoms with Gasteiger partial charge in [0.05, 0.1) is 16.8 Å². The van der Waals surface area contributed by atoms with Gasteiger partial charge in [0.1, 0.15) is 0 Å². The fourth-order valence-corrected chi connectivity index (χ4v) is 7.89. The molecule has 200 valence electrons. The lowest BCUT2D eigenvalue weighted by atomic mass is 9.69. The molecule has 0 bridgehead atoms. The van der Waals surface area contributed by atoms with Crippen LogP contribution in [-0.2, 0) is 16.4 Å². The first kappa shape index (κ1) is 29.2. The molecule has 0 radical (unpaired) electrons. The molecule has 1 aliphatic rings. The highest BCUT2D eigenvalue weighted by atomic mass is 35.5. The molecule has 5 nitrogen and oxygen atoms in total. The average molecular weight is 543 g/mol. The fourth-order valence-electron chi connectivity index (χ4n) is 5.64. The molecule has 0 spiro atoms. The number of anilines is 1. The van der Waals surface area contributed by atoms with Crippen LogP contribution in [0.5, 0.6) is 0 Å². The van der Waals surface area contributed by atoms with Gasteiger partial charge in [-0.1, -0.05) is 51.0 Å². The molecule has 3 atom stereocenters. The number of halogens is 1. The normalized spacial score (nSPS) is 22.4. The van der Waals surface area contributed by atoms with Crippen LogP contribution in [0.25, 0.3) is 0 Å². The van der Waals surface area contributed by atoms with Crippen molar-refractivity contribution >= 4 is 15.5 Å². The van der Waals surface area contributed by atoms with Gasteiger partial charge in [0, 0.05) is 48.8 Å². The van der Waals surface area contributed by atoms with Gasteiger partial charge in [-0.05, 0) is 48.2 Å². The zero-order valence-corrected chi connectivity index (χ0v) is 23.8. The average Bonchev–Trinajstić information content (AvgIpc) is 2.94. The number of aliphatic hydroxyl groups excluding tert-OH is 1. The Morgan fingerprint density at radius 3 is 2.41 bits per heavy atom. The summed E-state index contributed by atoms with van der Waals surface area (Å²) in [5.41, 5.74) is 2.99. The van der Waals surface area contributed by atoms with E-state index in [0.29, 0.717) is 29.8 Å². The van der Waals surface area contributed by atoms with Crippen molar-refractivity contribution in [2.75, 3.05) is 24.7 Å². The number of benzene rings is 2. The maximum absolute atomic E-state index is 13.8. The van der Waals surface area contributed by atoms with Crippen LogP contribution in [0.2, 0.25) is 0 Å². The van der Waals surface area contributed by atoms with Gasteiger partial charge < -0.3 is 22.4 Å². The van der Waals surface area contributed by atoms with E-state index in [0.717, 1.165) is 29.7 Å². The predicted octanol–water partition coefficient (Wildman–Crippen LogP) is 1.96. The summed E-state index contributed by atoms with van der Waals surface area (Å²) in [6, 6.07) is 19.9. The van der Waals surface area contributed by atoms with E-state index in [1.807, 2.05) is 80.8 Å². The molecule has 37 heavy (non-hydrogen) atoms. The first-order chi connectivity index (χ1) is 17.2. The van der Waals surface area contributed by atoms with Crippen molar-refractivity contribution in [1.82, 2.24) is 0 Å². The third kappa shape index (κ3) is 6.02. The fraction of sp³-hybridized carbons (Fsp3) is 0.433. The van der Waals surface area contributed by atoms with Crippen LogP contribution in [-0.4, -0.2) is 39.5 Å². The van der Waals surface area contributed by atoms with Crippen LogP contribution in [0.15, 0.2) is 78.0 Å². The molecule has 2 aromatic carbocycles. The van der Waals surface area contributed by atoms with Gasteiger partial charge in [-0.3, -0.25) is 0 Å². The van der Waals surface area contributed by atoms with E-state index < -0.39 is 27.3 Å². The van der Waals surface area contributed by atoms with Gasteiger partial charge in [-0.15, -0.1) is 0 Å². The van der Waals surface area contributed by atoms with E-state index >= 15 is 0 Å². The second-order valence-corrected chi connectivity index (χ2v) is 12.4. The number of sulfone groups is 1. The molecular formula is C30H39ClN2O3S. The largest absolute Gasteiger partial charge is 1.00 e. The number of fused-ring (bicyclic) bond motifs is 1. The van der Waals surface area contributed by atoms with Crippen LogP contribution >= 0.6 is 0 Å². The van der Waals surface area contributed by atoms with Gasteiger partial charge in [0.15, 0.2) is 28.8 Å². The number of pyridine rings is 1. The minimum Gasteiger partial charge on any atom is -1.00 e. The predicted molar refractivity (Wildman–Crippen MR) is 145 cm³/mol. The Balaban J connectivity index is 0.00000380. The lowest BCUT2D eigenvalue weighted by molar-refractivity contribution is -0.688. The second-order valence-electron chi connectivity index (χ2n) is 10.4. The molecule has 0 saturated heterocycles. The number of aromatic nitrogens is 1. The van der Waals surface area contributed by atoms with Crippen LogP contribution in [0.3, 0.4) is 0 Å². The molecule has 4 rings (SSSR count). The molecule has 0 unspecified atom stereocenters. The highest BCUT2D eigenvalue weighted by Gasteiger charge is 2.49. The number of hydrogen-bond donors (Lipinski definition) is 1. The topological polar surface area (TPSA) is 61.5 Å². The summed E-state index contributed by atoms with van der Waals surface area (Å²) >= 11 is 0. The monoisotopic (exact) mass is 542 g/mol. The summed E-state index contributed by atoms with van der Waals surface area (Å²) in [6.45, 7) is 4.84. The van der Waals surface area contributed by atoms with Crippen LogP contribution in [0, 0.1) is 5.41 Å². The van der Waals surface area contributed by atoms with E-state index in [-0.39, 0.29) is 18.2 Å². The van der Waals surface area contributed by atoms with Crippen molar-refractivity contribution in [3.63, 3.8) is 0 Å². The maximum atomic E-state index is 13.8. The minimum absolute atomic E-state index is 0. The lowest BCUT2D eigenvalue weighted by Crippen LogP contribution is -3.00. The number of rotatable bonds is 8. The molecule has 0 amide bonds. The van der Waals surface area contributed by atoms with Gasteiger partial charge in [0.25, 0.3) is 0 Å². The Morgan fingerprint density at radius 1 is 1.03 bits per heavy atom. The summed E-state index contributed by atoms with van der Waals surface area (Å²) < 4.78 is 29.7. The third-order valence-corrected chi connectivity index (χ3v) is 9.78. The van der Waals surface area contributed by atoms with Gasteiger partial charge in [-0.2, -0.15) is 0 Å².